The Labute approximate surface area is 140 Å². The van der Waals surface area contributed by atoms with Crippen molar-refractivity contribution in [1.82, 2.24) is 4.90 Å². The van der Waals surface area contributed by atoms with Crippen molar-refractivity contribution in [3.8, 4) is 0 Å². The summed E-state index contributed by atoms with van der Waals surface area (Å²) in [5.41, 5.74) is 0.868. The van der Waals surface area contributed by atoms with Gasteiger partial charge in [0.15, 0.2) is 0 Å². The highest BCUT2D eigenvalue weighted by molar-refractivity contribution is 6.30. The van der Waals surface area contributed by atoms with E-state index >= 15 is 0 Å². The first-order chi connectivity index (χ1) is 11.1. The van der Waals surface area contributed by atoms with E-state index in [1.165, 1.54) is 6.08 Å². The molecule has 0 atom stereocenters. The van der Waals surface area contributed by atoms with E-state index in [4.69, 9.17) is 21.4 Å². The average Bonchev–Trinajstić information content (AvgIpc) is 2.55. The Bertz CT molecular complexity index is 564. The summed E-state index contributed by atoms with van der Waals surface area (Å²) in [6.07, 6.45) is 4.62. The Kier molecular flexibility index (Phi) is 6.62. The third kappa shape index (κ3) is 5.69. The molecule has 1 aromatic rings. The van der Waals surface area contributed by atoms with Crippen LogP contribution in [0.1, 0.15) is 24.8 Å². The van der Waals surface area contributed by atoms with E-state index in [0.717, 1.165) is 18.4 Å². The highest BCUT2D eigenvalue weighted by Crippen LogP contribution is 2.16. The predicted octanol–water partition coefficient (Wildman–Crippen LogP) is 2.84. The van der Waals surface area contributed by atoms with Crippen LogP contribution in [0, 0.1) is 0 Å². The predicted molar refractivity (Wildman–Crippen MR) is 88.3 cm³/mol. The van der Waals surface area contributed by atoms with Crippen molar-refractivity contribution in [2.75, 3.05) is 19.8 Å². The van der Waals surface area contributed by atoms with Gasteiger partial charge in [0.1, 0.15) is 0 Å². The minimum Gasteiger partial charge on any atom is -0.481 e. The highest BCUT2D eigenvalue weighted by Gasteiger charge is 2.24. The van der Waals surface area contributed by atoms with Gasteiger partial charge < -0.3 is 14.7 Å². The first kappa shape index (κ1) is 17.5. The number of amides is 1. The lowest BCUT2D eigenvalue weighted by atomic mass is 10.1. The van der Waals surface area contributed by atoms with Gasteiger partial charge in [-0.15, -0.1) is 0 Å². The maximum absolute atomic E-state index is 12.5. The maximum Gasteiger partial charge on any atom is 0.305 e. The number of hydrogen-bond donors (Lipinski definition) is 1. The molecule has 23 heavy (non-hydrogen) atoms. The molecule has 2 rings (SSSR count). The van der Waals surface area contributed by atoms with E-state index in [1.54, 1.807) is 23.1 Å². The Morgan fingerprint density at radius 1 is 1.26 bits per heavy atom. The molecule has 0 spiro atoms. The largest absolute Gasteiger partial charge is 0.481 e. The number of benzene rings is 1. The Balaban J connectivity index is 2.04. The van der Waals surface area contributed by atoms with Gasteiger partial charge in [0.05, 0.1) is 6.42 Å². The Hall–Kier alpha value is -1.85. The van der Waals surface area contributed by atoms with E-state index < -0.39 is 5.97 Å². The molecule has 1 amide bonds. The molecule has 6 heteroatoms. The molecular weight excluding hydrogens is 318 g/mol. The van der Waals surface area contributed by atoms with Crippen LogP contribution in [0.4, 0.5) is 0 Å². The summed E-state index contributed by atoms with van der Waals surface area (Å²) in [6, 6.07) is 7.19. The third-order valence-electron chi connectivity index (χ3n) is 3.77. The molecular formula is C17H20ClNO4. The van der Waals surface area contributed by atoms with Gasteiger partial charge in [0.25, 0.3) is 0 Å². The van der Waals surface area contributed by atoms with Gasteiger partial charge in [-0.25, -0.2) is 0 Å². The summed E-state index contributed by atoms with van der Waals surface area (Å²) in [6.45, 7) is 1.41. The number of carbonyl (C=O) groups is 2. The van der Waals surface area contributed by atoms with Crippen LogP contribution in [0.5, 0.6) is 0 Å². The highest BCUT2D eigenvalue weighted by atomic mass is 35.5. The topological polar surface area (TPSA) is 66.8 Å². The molecule has 1 aromatic carbocycles. The molecule has 0 bridgehead atoms. The van der Waals surface area contributed by atoms with Crippen LogP contribution >= 0.6 is 11.6 Å². The number of nitrogens with zero attached hydrogens (tertiary/aromatic N) is 1. The molecule has 1 fully saturated rings. The summed E-state index contributed by atoms with van der Waals surface area (Å²) in [4.78, 5) is 24.9. The summed E-state index contributed by atoms with van der Waals surface area (Å²) in [5, 5.41) is 9.52. The Morgan fingerprint density at radius 3 is 2.52 bits per heavy atom. The van der Waals surface area contributed by atoms with Gasteiger partial charge in [-0.1, -0.05) is 23.7 Å². The minimum absolute atomic E-state index is 0.0328. The molecule has 5 nitrogen and oxygen atoms in total. The van der Waals surface area contributed by atoms with Crippen LogP contribution in [0.25, 0.3) is 6.08 Å². The average molecular weight is 338 g/mol. The van der Waals surface area contributed by atoms with Gasteiger partial charge in [-0.05, 0) is 36.6 Å². The number of hydrogen-bond acceptors (Lipinski definition) is 3. The van der Waals surface area contributed by atoms with Gasteiger partial charge >= 0.3 is 5.97 Å². The van der Waals surface area contributed by atoms with Crippen LogP contribution in [0.3, 0.4) is 0 Å². The van der Waals surface area contributed by atoms with Gasteiger partial charge in [0, 0.05) is 36.9 Å². The second-order valence-corrected chi connectivity index (χ2v) is 5.84. The van der Waals surface area contributed by atoms with Crippen LogP contribution < -0.4 is 0 Å². The van der Waals surface area contributed by atoms with Crippen LogP contribution in [-0.2, 0) is 14.3 Å². The lowest BCUT2D eigenvalue weighted by Crippen LogP contribution is -2.43. The molecule has 0 aliphatic carbocycles. The monoisotopic (exact) mass is 337 g/mol. The first-order valence-electron chi connectivity index (χ1n) is 7.60. The van der Waals surface area contributed by atoms with E-state index in [2.05, 4.69) is 0 Å². The quantitative estimate of drug-likeness (QED) is 0.810. The molecule has 1 N–H and O–H groups in total. The number of carboxylic acids is 1. The fourth-order valence-electron chi connectivity index (χ4n) is 2.52. The maximum atomic E-state index is 12.5. The van der Waals surface area contributed by atoms with Crippen LogP contribution in [0.2, 0.25) is 5.02 Å². The molecule has 124 valence electrons. The second-order valence-electron chi connectivity index (χ2n) is 5.40. The molecule has 1 aliphatic heterocycles. The lowest BCUT2D eigenvalue weighted by Gasteiger charge is -2.33. The number of carboxylic acid groups (broad SMARTS) is 1. The molecule has 0 saturated carbocycles. The van der Waals surface area contributed by atoms with Crippen molar-refractivity contribution in [2.45, 2.75) is 25.3 Å². The van der Waals surface area contributed by atoms with E-state index in [0.29, 0.717) is 18.2 Å². The summed E-state index contributed by atoms with van der Waals surface area (Å²) >= 11 is 5.83. The number of halogens is 1. The number of aliphatic carboxylic acids is 1. The minimum atomic E-state index is -0.906. The number of ether oxygens (including phenoxy) is 1. The normalized spacial score (nSPS) is 15.7. The summed E-state index contributed by atoms with van der Waals surface area (Å²) < 4.78 is 5.31. The standard InChI is InChI=1S/C17H20ClNO4/c18-14-4-1-13(2-5-14)3-6-16(20)19(10-7-17(21)22)15-8-11-23-12-9-15/h1-6,15H,7-12H2,(H,21,22)/b6-3+. The van der Waals surface area contributed by atoms with E-state index in [-0.39, 0.29) is 24.9 Å². The summed E-state index contributed by atoms with van der Waals surface area (Å²) in [5.74, 6) is -1.08. The summed E-state index contributed by atoms with van der Waals surface area (Å²) in [7, 11) is 0. The molecule has 1 heterocycles. The van der Waals surface area contributed by atoms with Crippen molar-refractivity contribution in [2.24, 2.45) is 0 Å². The molecule has 0 aromatic heterocycles. The van der Waals surface area contributed by atoms with Gasteiger partial charge in [-0.3, -0.25) is 9.59 Å². The number of rotatable bonds is 6. The SMILES string of the molecule is O=C(O)CCN(C(=O)/C=C/c1ccc(Cl)cc1)C1CCOCC1. The van der Waals surface area contributed by atoms with E-state index in [1.807, 2.05) is 12.1 Å². The zero-order valence-electron chi connectivity index (χ0n) is 12.8. The zero-order valence-corrected chi connectivity index (χ0v) is 13.5. The van der Waals surface area contributed by atoms with E-state index in [9.17, 15) is 9.59 Å². The fraction of sp³-hybridized carbons (Fsp3) is 0.412. The van der Waals surface area contributed by atoms with Crippen molar-refractivity contribution in [3.05, 3.63) is 40.9 Å². The molecule has 0 radical (unpaired) electrons. The Morgan fingerprint density at radius 2 is 1.91 bits per heavy atom. The van der Waals surface area contributed by atoms with Crippen molar-refractivity contribution < 1.29 is 19.4 Å². The van der Waals surface area contributed by atoms with Crippen molar-refractivity contribution in [3.63, 3.8) is 0 Å². The van der Waals surface area contributed by atoms with Crippen molar-refractivity contribution >= 4 is 29.6 Å². The molecule has 0 unspecified atom stereocenters. The molecule has 1 aliphatic rings. The smallest absolute Gasteiger partial charge is 0.305 e. The molecule has 1 saturated heterocycles. The van der Waals surface area contributed by atoms with Gasteiger partial charge in [0.2, 0.25) is 5.91 Å². The van der Waals surface area contributed by atoms with Crippen molar-refractivity contribution in [1.29, 1.82) is 0 Å². The fourth-order valence-corrected chi connectivity index (χ4v) is 2.65. The van der Waals surface area contributed by atoms with Crippen LogP contribution in [0.15, 0.2) is 30.3 Å². The first-order valence-corrected chi connectivity index (χ1v) is 7.98. The lowest BCUT2D eigenvalue weighted by molar-refractivity contribution is -0.138. The second kappa shape index (κ2) is 8.70. The van der Waals surface area contributed by atoms with Gasteiger partial charge in [-0.2, -0.15) is 0 Å². The third-order valence-corrected chi connectivity index (χ3v) is 4.02. The number of carbonyl (C=O) groups excluding carboxylic acids is 1. The zero-order chi connectivity index (χ0) is 16.7. The van der Waals surface area contributed by atoms with Crippen LogP contribution in [-0.4, -0.2) is 47.7 Å².